The Morgan fingerprint density at radius 1 is 1.16 bits per heavy atom. The first-order valence-electron chi connectivity index (χ1n) is 7.37. The van der Waals surface area contributed by atoms with E-state index in [2.05, 4.69) is 9.97 Å². The molecule has 0 bridgehead atoms. The maximum Gasteiger partial charge on any atom is 0.316 e. The van der Waals surface area contributed by atoms with Gasteiger partial charge in [-0.2, -0.15) is 4.31 Å². The lowest BCUT2D eigenvalue weighted by Crippen LogP contribution is -2.31. The Bertz CT molecular complexity index is 891. The van der Waals surface area contributed by atoms with Crippen LogP contribution in [0.3, 0.4) is 0 Å². The minimum absolute atomic E-state index is 0.0412. The molecule has 0 N–H and O–H groups in total. The second kappa shape index (κ2) is 7.25. The molecule has 1 atom stereocenters. The zero-order valence-corrected chi connectivity index (χ0v) is 16.2. The summed E-state index contributed by atoms with van der Waals surface area (Å²) in [6, 6.07) is 3.09. The first-order chi connectivity index (χ1) is 11.8. The van der Waals surface area contributed by atoms with Gasteiger partial charge in [-0.15, -0.1) is 0 Å². The van der Waals surface area contributed by atoms with Crippen molar-refractivity contribution in [3.05, 3.63) is 45.2 Å². The van der Waals surface area contributed by atoms with Gasteiger partial charge in [0, 0.05) is 11.6 Å². The van der Waals surface area contributed by atoms with E-state index in [1.54, 1.807) is 6.92 Å². The quantitative estimate of drug-likeness (QED) is 0.753. The van der Waals surface area contributed by atoms with E-state index in [9.17, 15) is 8.42 Å². The molecule has 1 aromatic heterocycles. The molecule has 1 saturated heterocycles. The molecule has 6 nitrogen and oxygen atoms in total. The second-order valence-corrected chi connectivity index (χ2v) is 8.76. The van der Waals surface area contributed by atoms with Crippen LogP contribution in [-0.4, -0.2) is 41.9 Å². The highest BCUT2D eigenvalue weighted by atomic mass is 35.5. The van der Waals surface area contributed by atoms with Crippen molar-refractivity contribution in [1.29, 1.82) is 0 Å². The Balaban J connectivity index is 1.76. The smallest absolute Gasteiger partial charge is 0.316 e. The molecular formula is C15H14Cl3N3O3S. The van der Waals surface area contributed by atoms with Crippen molar-refractivity contribution in [2.75, 3.05) is 13.1 Å². The van der Waals surface area contributed by atoms with Crippen LogP contribution in [0.1, 0.15) is 12.0 Å². The topological polar surface area (TPSA) is 72.4 Å². The van der Waals surface area contributed by atoms with Crippen LogP contribution in [-0.2, 0) is 10.0 Å². The number of sulfonamides is 1. The predicted octanol–water partition coefficient (Wildman–Crippen LogP) is 3.59. The summed E-state index contributed by atoms with van der Waals surface area (Å²) in [5.41, 5.74) is 0.645. The van der Waals surface area contributed by atoms with Gasteiger partial charge < -0.3 is 4.74 Å². The average molecular weight is 423 g/mol. The maximum absolute atomic E-state index is 12.9. The van der Waals surface area contributed by atoms with Crippen LogP contribution in [0.5, 0.6) is 6.01 Å². The van der Waals surface area contributed by atoms with Gasteiger partial charge in [0.05, 0.1) is 29.0 Å². The van der Waals surface area contributed by atoms with E-state index in [0.29, 0.717) is 28.6 Å². The Kier molecular flexibility index (Phi) is 5.41. The van der Waals surface area contributed by atoms with Crippen LogP contribution in [0, 0.1) is 6.92 Å². The largest absolute Gasteiger partial charge is 0.459 e. The van der Waals surface area contributed by atoms with Gasteiger partial charge in [0.2, 0.25) is 10.0 Å². The summed E-state index contributed by atoms with van der Waals surface area (Å²) in [4.78, 5) is 7.95. The molecule has 0 radical (unpaired) electrons. The van der Waals surface area contributed by atoms with Crippen molar-refractivity contribution in [2.45, 2.75) is 24.3 Å². The summed E-state index contributed by atoms with van der Waals surface area (Å²) in [6.07, 6.45) is 3.02. The molecule has 1 aliphatic heterocycles. The van der Waals surface area contributed by atoms with Crippen molar-refractivity contribution in [1.82, 2.24) is 14.3 Å². The lowest BCUT2D eigenvalue weighted by atomic mass is 10.2. The molecule has 1 aromatic carbocycles. The molecule has 0 saturated carbocycles. The molecule has 3 rings (SSSR count). The molecule has 25 heavy (non-hydrogen) atoms. The Hall–Kier alpha value is -1.12. The monoisotopic (exact) mass is 421 g/mol. The van der Waals surface area contributed by atoms with E-state index < -0.39 is 10.0 Å². The SMILES string of the molecule is Cc1cc(S(=O)(=O)N2CC[C@@H](Oc3ncc(Cl)cn3)C2)c(Cl)cc1Cl. The number of rotatable bonds is 4. The lowest BCUT2D eigenvalue weighted by Gasteiger charge is -2.18. The zero-order chi connectivity index (χ0) is 18.2. The molecule has 1 aliphatic rings. The minimum atomic E-state index is -3.74. The summed E-state index contributed by atoms with van der Waals surface area (Å²) in [5.74, 6) is 0. The molecule has 2 aromatic rings. The van der Waals surface area contributed by atoms with E-state index in [1.807, 2.05) is 0 Å². The van der Waals surface area contributed by atoms with Crippen LogP contribution < -0.4 is 4.74 Å². The van der Waals surface area contributed by atoms with Crippen LogP contribution in [0.25, 0.3) is 0 Å². The van der Waals surface area contributed by atoms with E-state index in [0.717, 1.165) is 0 Å². The summed E-state index contributed by atoms with van der Waals surface area (Å²) in [7, 11) is -3.74. The highest BCUT2D eigenvalue weighted by Gasteiger charge is 2.35. The highest BCUT2D eigenvalue weighted by molar-refractivity contribution is 7.89. The fourth-order valence-corrected chi connectivity index (χ4v) is 4.88. The molecule has 1 fully saturated rings. The number of aryl methyl sites for hydroxylation is 1. The normalized spacial score (nSPS) is 18.5. The van der Waals surface area contributed by atoms with Gasteiger partial charge in [-0.1, -0.05) is 34.8 Å². The van der Waals surface area contributed by atoms with Crippen molar-refractivity contribution in [2.24, 2.45) is 0 Å². The molecule has 2 heterocycles. The predicted molar refractivity (Wildman–Crippen MR) is 96.0 cm³/mol. The third-order valence-corrected chi connectivity index (χ3v) is 6.74. The third kappa shape index (κ3) is 4.01. The fraction of sp³-hybridized carbons (Fsp3) is 0.333. The number of hydrogen-bond donors (Lipinski definition) is 0. The summed E-state index contributed by atoms with van der Waals surface area (Å²) < 4.78 is 32.7. The fourth-order valence-electron chi connectivity index (χ4n) is 2.49. The van der Waals surface area contributed by atoms with Crippen LogP contribution in [0.15, 0.2) is 29.4 Å². The van der Waals surface area contributed by atoms with E-state index in [-0.39, 0.29) is 28.6 Å². The van der Waals surface area contributed by atoms with Gasteiger partial charge in [0.25, 0.3) is 0 Å². The maximum atomic E-state index is 12.9. The molecule has 134 valence electrons. The number of benzene rings is 1. The molecule has 0 aliphatic carbocycles. The molecular weight excluding hydrogens is 409 g/mol. The number of aromatic nitrogens is 2. The van der Waals surface area contributed by atoms with Crippen LogP contribution >= 0.6 is 34.8 Å². The third-order valence-electron chi connectivity index (χ3n) is 3.81. The van der Waals surface area contributed by atoms with E-state index in [4.69, 9.17) is 39.5 Å². The van der Waals surface area contributed by atoms with Gasteiger partial charge in [-0.05, 0) is 31.0 Å². The van der Waals surface area contributed by atoms with Crippen molar-refractivity contribution in [3.8, 4) is 6.01 Å². The molecule has 0 spiro atoms. The van der Waals surface area contributed by atoms with E-state index in [1.165, 1.54) is 28.8 Å². The number of halogens is 3. The lowest BCUT2D eigenvalue weighted by molar-refractivity contribution is 0.197. The number of ether oxygens (including phenoxy) is 1. The Morgan fingerprint density at radius 2 is 1.84 bits per heavy atom. The zero-order valence-electron chi connectivity index (χ0n) is 13.1. The second-order valence-electron chi connectivity index (χ2n) is 5.61. The summed E-state index contributed by atoms with van der Waals surface area (Å²) in [6.45, 7) is 2.23. The van der Waals surface area contributed by atoms with Gasteiger partial charge in [0.15, 0.2) is 0 Å². The molecule has 10 heteroatoms. The first-order valence-corrected chi connectivity index (χ1v) is 9.95. The average Bonchev–Trinajstić information content (AvgIpc) is 3.02. The van der Waals surface area contributed by atoms with Gasteiger partial charge in [0.1, 0.15) is 11.0 Å². The van der Waals surface area contributed by atoms with E-state index >= 15 is 0 Å². The molecule has 0 amide bonds. The molecule has 0 unspecified atom stereocenters. The first kappa shape index (κ1) is 18.7. The van der Waals surface area contributed by atoms with Gasteiger partial charge in [-0.3, -0.25) is 0 Å². The standard InChI is InChI=1S/C15H14Cl3N3O3S/c1-9-4-14(13(18)5-12(9)17)25(22,23)21-3-2-11(8-21)24-15-19-6-10(16)7-20-15/h4-7,11H,2-3,8H2,1H3/t11-/m1/s1. The van der Waals surface area contributed by atoms with Gasteiger partial charge >= 0.3 is 6.01 Å². The Morgan fingerprint density at radius 3 is 2.52 bits per heavy atom. The number of hydrogen-bond acceptors (Lipinski definition) is 5. The minimum Gasteiger partial charge on any atom is -0.459 e. The van der Waals surface area contributed by atoms with Crippen molar-refractivity contribution >= 4 is 44.8 Å². The summed E-state index contributed by atoms with van der Waals surface area (Å²) in [5, 5.41) is 0.920. The Labute approximate surface area is 160 Å². The highest BCUT2D eigenvalue weighted by Crippen LogP contribution is 2.32. The summed E-state index contributed by atoms with van der Waals surface area (Å²) >= 11 is 17.8. The number of nitrogens with zero attached hydrogens (tertiary/aromatic N) is 3. The van der Waals surface area contributed by atoms with Crippen LogP contribution in [0.4, 0.5) is 0 Å². The van der Waals surface area contributed by atoms with Crippen molar-refractivity contribution < 1.29 is 13.2 Å². The van der Waals surface area contributed by atoms with Crippen molar-refractivity contribution in [3.63, 3.8) is 0 Å². The van der Waals surface area contributed by atoms with Gasteiger partial charge in [-0.25, -0.2) is 18.4 Å². The van der Waals surface area contributed by atoms with Crippen LogP contribution in [0.2, 0.25) is 15.1 Å².